The summed E-state index contributed by atoms with van der Waals surface area (Å²) < 4.78 is 32.6. The van der Waals surface area contributed by atoms with E-state index in [0.717, 1.165) is 12.1 Å². The zero-order chi connectivity index (χ0) is 16.4. The van der Waals surface area contributed by atoms with Crippen LogP contribution in [0.25, 0.3) is 11.3 Å². The Bertz CT molecular complexity index is 854. The number of hydrogen-bond acceptors (Lipinski definition) is 4. The van der Waals surface area contributed by atoms with Gasteiger partial charge in [-0.1, -0.05) is 24.3 Å². The monoisotopic (exact) mass is 314 g/mol. The van der Waals surface area contributed by atoms with Crippen molar-refractivity contribution in [2.45, 2.75) is 6.92 Å². The number of nitrogens with zero attached hydrogens (tertiary/aromatic N) is 1. The van der Waals surface area contributed by atoms with Gasteiger partial charge in [0.1, 0.15) is 17.3 Å². The molecule has 0 aliphatic carbocycles. The molecule has 2 aromatic carbocycles. The maximum Gasteiger partial charge on any atom is 0.299 e. The van der Waals surface area contributed by atoms with Gasteiger partial charge in [0, 0.05) is 11.1 Å². The van der Waals surface area contributed by atoms with Crippen molar-refractivity contribution < 1.29 is 18.0 Å². The van der Waals surface area contributed by atoms with Gasteiger partial charge in [-0.15, -0.1) is 0 Å². The van der Waals surface area contributed by atoms with Gasteiger partial charge in [-0.3, -0.25) is 4.79 Å². The molecule has 1 N–H and O–H groups in total. The van der Waals surface area contributed by atoms with Crippen molar-refractivity contribution in [3.63, 3.8) is 0 Å². The van der Waals surface area contributed by atoms with E-state index in [-0.39, 0.29) is 17.5 Å². The number of Topliss-reactive ketones (excluding diaryl/α,β-unsaturated/α-hetero) is 1. The van der Waals surface area contributed by atoms with Gasteiger partial charge in [-0.05, 0) is 25.1 Å². The summed E-state index contributed by atoms with van der Waals surface area (Å²) in [6.07, 6.45) is 1.42. The summed E-state index contributed by atoms with van der Waals surface area (Å²) in [7, 11) is 0. The highest BCUT2D eigenvalue weighted by atomic mass is 19.1. The van der Waals surface area contributed by atoms with Crippen LogP contribution < -0.4 is 5.32 Å². The predicted octanol–water partition coefficient (Wildman–Crippen LogP) is 4.57. The van der Waals surface area contributed by atoms with Crippen LogP contribution >= 0.6 is 0 Å². The first-order valence-corrected chi connectivity index (χ1v) is 6.83. The van der Waals surface area contributed by atoms with Gasteiger partial charge < -0.3 is 9.73 Å². The molecule has 0 radical (unpaired) electrons. The van der Waals surface area contributed by atoms with Crippen LogP contribution in [0.15, 0.2) is 53.1 Å². The molecule has 23 heavy (non-hydrogen) atoms. The molecule has 0 saturated carbocycles. The van der Waals surface area contributed by atoms with Crippen LogP contribution in [-0.2, 0) is 0 Å². The number of ketones is 1. The summed E-state index contributed by atoms with van der Waals surface area (Å²) in [5.74, 6) is -1.18. The molecule has 116 valence electrons. The highest BCUT2D eigenvalue weighted by Gasteiger charge is 2.13. The Kier molecular flexibility index (Phi) is 3.89. The second-order valence-corrected chi connectivity index (χ2v) is 4.89. The van der Waals surface area contributed by atoms with Gasteiger partial charge in [-0.2, -0.15) is 0 Å². The van der Waals surface area contributed by atoms with Crippen LogP contribution in [-0.4, -0.2) is 10.8 Å². The molecule has 1 heterocycles. The Morgan fingerprint density at radius 3 is 2.52 bits per heavy atom. The van der Waals surface area contributed by atoms with E-state index in [1.54, 1.807) is 24.3 Å². The summed E-state index contributed by atoms with van der Waals surface area (Å²) in [4.78, 5) is 15.4. The fourth-order valence-corrected chi connectivity index (χ4v) is 2.08. The molecule has 3 rings (SSSR count). The van der Waals surface area contributed by atoms with Crippen molar-refractivity contribution in [3.8, 4) is 11.3 Å². The second-order valence-electron chi connectivity index (χ2n) is 4.89. The van der Waals surface area contributed by atoms with Gasteiger partial charge in [-0.25, -0.2) is 13.8 Å². The van der Waals surface area contributed by atoms with Crippen LogP contribution in [0.2, 0.25) is 0 Å². The zero-order valence-corrected chi connectivity index (χ0v) is 12.1. The van der Waals surface area contributed by atoms with E-state index in [2.05, 4.69) is 10.3 Å². The molecule has 0 amide bonds. The topological polar surface area (TPSA) is 55.1 Å². The summed E-state index contributed by atoms with van der Waals surface area (Å²) in [5.41, 5.74) is 0.846. The minimum atomic E-state index is -0.747. The predicted molar refractivity (Wildman–Crippen MR) is 81.6 cm³/mol. The Morgan fingerprint density at radius 2 is 1.83 bits per heavy atom. The Labute approximate surface area is 130 Å². The normalized spacial score (nSPS) is 10.6. The van der Waals surface area contributed by atoms with E-state index >= 15 is 0 Å². The van der Waals surface area contributed by atoms with E-state index in [4.69, 9.17) is 4.42 Å². The lowest BCUT2D eigenvalue weighted by molar-refractivity contribution is 0.101. The lowest BCUT2D eigenvalue weighted by atomic mass is 10.1. The van der Waals surface area contributed by atoms with Gasteiger partial charge >= 0.3 is 0 Å². The molecule has 0 atom stereocenters. The Hall–Kier alpha value is -3.02. The van der Waals surface area contributed by atoms with E-state index in [1.165, 1.54) is 19.2 Å². The third-order valence-electron chi connectivity index (χ3n) is 3.25. The Morgan fingerprint density at radius 1 is 1.13 bits per heavy atom. The van der Waals surface area contributed by atoms with Gasteiger partial charge in [0.2, 0.25) is 0 Å². The van der Waals surface area contributed by atoms with E-state index in [0.29, 0.717) is 16.9 Å². The van der Waals surface area contributed by atoms with Crippen molar-refractivity contribution in [1.82, 2.24) is 4.98 Å². The molecule has 6 heteroatoms. The lowest BCUT2D eigenvalue weighted by Gasteiger charge is -2.04. The highest BCUT2D eigenvalue weighted by Crippen LogP contribution is 2.27. The third-order valence-corrected chi connectivity index (χ3v) is 3.25. The summed E-state index contributed by atoms with van der Waals surface area (Å²) in [6.45, 7) is 1.47. The maximum absolute atomic E-state index is 13.6. The summed E-state index contributed by atoms with van der Waals surface area (Å²) in [6, 6.07) is 10.3. The summed E-state index contributed by atoms with van der Waals surface area (Å²) in [5, 5.41) is 2.47. The van der Waals surface area contributed by atoms with Crippen molar-refractivity contribution in [2.75, 3.05) is 5.32 Å². The first-order valence-electron chi connectivity index (χ1n) is 6.83. The van der Waals surface area contributed by atoms with E-state index in [9.17, 15) is 13.6 Å². The molecular formula is C17H12F2N2O2. The van der Waals surface area contributed by atoms with Crippen LogP contribution in [0, 0.1) is 11.6 Å². The number of carbonyl (C=O) groups excluding carboxylic acids is 1. The smallest absolute Gasteiger partial charge is 0.299 e. The van der Waals surface area contributed by atoms with Crippen molar-refractivity contribution in [1.29, 1.82) is 0 Å². The number of carbonyl (C=O) groups is 1. The minimum absolute atomic E-state index is 0.0442. The van der Waals surface area contributed by atoms with E-state index < -0.39 is 11.6 Å². The summed E-state index contributed by atoms with van der Waals surface area (Å²) >= 11 is 0. The number of halogens is 2. The molecule has 0 fully saturated rings. The number of benzene rings is 2. The van der Waals surface area contributed by atoms with Gasteiger partial charge in [0.15, 0.2) is 11.5 Å². The molecule has 0 saturated heterocycles. The molecule has 0 aliphatic rings. The molecule has 0 bridgehead atoms. The highest BCUT2D eigenvalue weighted by molar-refractivity contribution is 5.95. The molecule has 4 nitrogen and oxygen atoms in total. The number of para-hydroxylation sites is 1. The average Bonchev–Trinajstić information content (AvgIpc) is 3.00. The maximum atomic E-state index is 13.6. The molecule has 0 spiro atoms. The zero-order valence-electron chi connectivity index (χ0n) is 12.1. The van der Waals surface area contributed by atoms with Crippen LogP contribution in [0.3, 0.4) is 0 Å². The standard InChI is InChI=1S/C17H12F2N2O2/c1-10(22)11-4-2-5-12(8-11)15-9-20-17(23-15)21-16-13(18)6-3-7-14(16)19/h2-9H,1H3,(H,20,21). The lowest BCUT2D eigenvalue weighted by Crippen LogP contribution is -1.97. The number of oxazole rings is 1. The van der Waals surface area contributed by atoms with Crippen molar-refractivity contribution in [3.05, 3.63) is 65.9 Å². The molecular weight excluding hydrogens is 302 g/mol. The molecule has 1 aromatic heterocycles. The molecule has 0 unspecified atom stereocenters. The number of nitrogens with one attached hydrogen (secondary N) is 1. The SMILES string of the molecule is CC(=O)c1cccc(-c2cnc(Nc3c(F)cccc3F)o2)c1. The number of rotatable bonds is 4. The quantitative estimate of drug-likeness (QED) is 0.717. The fourth-order valence-electron chi connectivity index (χ4n) is 2.08. The van der Waals surface area contributed by atoms with Gasteiger partial charge in [0.25, 0.3) is 6.01 Å². The fraction of sp³-hybridized carbons (Fsp3) is 0.0588. The number of anilines is 2. The second kappa shape index (κ2) is 6.00. The first-order chi connectivity index (χ1) is 11.0. The first kappa shape index (κ1) is 14.9. The average molecular weight is 314 g/mol. The molecule has 0 aliphatic heterocycles. The van der Waals surface area contributed by atoms with Crippen molar-refractivity contribution >= 4 is 17.5 Å². The van der Waals surface area contributed by atoms with Crippen LogP contribution in [0.5, 0.6) is 0 Å². The van der Waals surface area contributed by atoms with E-state index in [1.807, 2.05) is 0 Å². The van der Waals surface area contributed by atoms with Crippen molar-refractivity contribution in [2.24, 2.45) is 0 Å². The van der Waals surface area contributed by atoms with Gasteiger partial charge in [0.05, 0.1) is 6.20 Å². The minimum Gasteiger partial charge on any atom is -0.423 e. The number of aromatic nitrogens is 1. The molecule has 3 aromatic rings. The largest absolute Gasteiger partial charge is 0.423 e. The van der Waals surface area contributed by atoms with Crippen LogP contribution in [0.4, 0.5) is 20.5 Å². The Balaban J connectivity index is 1.89. The van der Waals surface area contributed by atoms with Crippen LogP contribution in [0.1, 0.15) is 17.3 Å². The third kappa shape index (κ3) is 3.11. The number of hydrogen-bond donors (Lipinski definition) is 1.